The molecule has 3 rings (SSSR count). The smallest absolute Gasteiger partial charge is 0.305 e. The monoisotopic (exact) mass is 487 g/mol. The predicted molar refractivity (Wildman–Crippen MR) is 123 cm³/mol. The van der Waals surface area contributed by atoms with Crippen LogP contribution in [0.5, 0.6) is 0 Å². The minimum Gasteiger partial charge on any atom is -0.466 e. The van der Waals surface area contributed by atoms with E-state index in [4.69, 9.17) is 4.74 Å². The van der Waals surface area contributed by atoms with Crippen molar-refractivity contribution < 1.29 is 17.9 Å². The van der Waals surface area contributed by atoms with Gasteiger partial charge in [-0.25, -0.2) is 13.4 Å². The lowest BCUT2D eigenvalue weighted by Crippen LogP contribution is -2.10. The number of ether oxygens (including phenoxy) is 1. The van der Waals surface area contributed by atoms with Crippen molar-refractivity contribution in [1.82, 2.24) is 4.98 Å². The predicted octanol–water partition coefficient (Wildman–Crippen LogP) is 5.28. The number of esters is 1. The molecule has 1 heterocycles. The number of nitrogens with zero attached hydrogens (tertiary/aromatic N) is 1. The fraction of sp³-hybridized carbons (Fsp3) is 0.217. The quantitative estimate of drug-likeness (QED) is 0.403. The molecular weight excluding hydrogens is 466 g/mol. The summed E-state index contributed by atoms with van der Waals surface area (Å²) in [6.45, 7) is 2.02. The zero-order valence-electron chi connectivity index (χ0n) is 16.5. The highest BCUT2D eigenvalue weighted by Gasteiger charge is 2.15. The number of carbonyl (C=O) groups is 1. The summed E-state index contributed by atoms with van der Waals surface area (Å²) in [5.74, 6) is -0.473. The van der Waals surface area contributed by atoms with E-state index in [0.29, 0.717) is 6.61 Å². The van der Waals surface area contributed by atoms with Gasteiger partial charge in [-0.1, -0.05) is 46.3 Å². The molecule has 1 aromatic heterocycles. The number of hydrogen-bond acceptors (Lipinski definition) is 5. The van der Waals surface area contributed by atoms with E-state index in [9.17, 15) is 13.2 Å². The number of fused-ring (bicyclic) bond motifs is 1. The summed E-state index contributed by atoms with van der Waals surface area (Å²) in [4.78, 5) is 16.3. The van der Waals surface area contributed by atoms with Crippen LogP contribution in [0.15, 0.2) is 64.0 Å². The Morgan fingerprint density at radius 3 is 2.70 bits per heavy atom. The maximum Gasteiger partial charge on any atom is 0.305 e. The Morgan fingerprint density at radius 1 is 1.10 bits per heavy atom. The Morgan fingerprint density at radius 2 is 1.90 bits per heavy atom. The maximum absolute atomic E-state index is 12.6. The Balaban J connectivity index is 1.72. The molecule has 7 heteroatoms. The third-order valence-corrected chi connectivity index (χ3v) is 6.73. The zero-order valence-corrected chi connectivity index (χ0v) is 18.9. The van der Waals surface area contributed by atoms with Gasteiger partial charge in [-0.3, -0.25) is 4.79 Å². The SMILES string of the molecule is CCOC(=O)CCCS(=O)(=O)c1cccc(C=Cc2ccc3ccc(Br)cc3n2)c1. The Labute approximate surface area is 184 Å². The Hall–Kier alpha value is -2.51. The standard InChI is InChI=1S/C23H22BrNO4S/c1-2-29-23(26)7-4-14-30(27,28)21-6-3-5-17(15-21)8-12-20-13-10-18-9-11-19(24)16-22(18)25-20/h3,5-6,8-13,15-16H,2,4,7,14H2,1H3. The first-order valence-corrected chi connectivity index (χ1v) is 12.0. The number of benzene rings is 2. The summed E-state index contributed by atoms with van der Waals surface area (Å²) >= 11 is 3.45. The molecule has 0 saturated carbocycles. The molecule has 156 valence electrons. The van der Waals surface area contributed by atoms with Crippen LogP contribution in [-0.4, -0.2) is 31.7 Å². The summed E-state index contributed by atoms with van der Waals surface area (Å²) in [6.07, 6.45) is 4.02. The van der Waals surface area contributed by atoms with Gasteiger partial charge in [0.05, 0.1) is 28.5 Å². The second kappa shape index (κ2) is 10.00. The van der Waals surface area contributed by atoms with Gasteiger partial charge in [-0.2, -0.15) is 0 Å². The lowest BCUT2D eigenvalue weighted by Gasteiger charge is -2.06. The number of hydrogen-bond donors (Lipinski definition) is 0. The van der Waals surface area contributed by atoms with Gasteiger partial charge in [0.25, 0.3) is 0 Å². The zero-order chi connectivity index (χ0) is 21.6. The van der Waals surface area contributed by atoms with E-state index in [1.165, 1.54) is 0 Å². The summed E-state index contributed by atoms with van der Waals surface area (Å²) in [5.41, 5.74) is 2.42. The van der Waals surface area contributed by atoms with E-state index < -0.39 is 9.84 Å². The molecule has 0 fully saturated rings. The number of pyridine rings is 1. The normalized spacial score (nSPS) is 11.8. The molecule has 0 N–H and O–H groups in total. The van der Waals surface area contributed by atoms with Crippen molar-refractivity contribution in [2.75, 3.05) is 12.4 Å². The van der Waals surface area contributed by atoms with Crippen molar-refractivity contribution in [2.45, 2.75) is 24.7 Å². The van der Waals surface area contributed by atoms with Gasteiger partial charge in [-0.05, 0) is 55.3 Å². The highest BCUT2D eigenvalue weighted by molar-refractivity contribution is 9.10. The number of aromatic nitrogens is 1. The van der Waals surface area contributed by atoms with Gasteiger partial charge in [0.2, 0.25) is 0 Å². The van der Waals surface area contributed by atoms with Gasteiger partial charge >= 0.3 is 5.97 Å². The van der Waals surface area contributed by atoms with Crippen LogP contribution in [0.1, 0.15) is 31.0 Å². The molecule has 0 radical (unpaired) electrons. The molecular formula is C23H22BrNO4S. The number of halogens is 1. The molecule has 5 nitrogen and oxygen atoms in total. The summed E-state index contributed by atoms with van der Waals surface area (Å²) in [6, 6.07) is 16.6. The molecule has 0 spiro atoms. The minimum absolute atomic E-state index is 0.0937. The molecule has 30 heavy (non-hydrogen) atoms. The van der Waals surface area contributed by atoms with E-state index in [-0.39, 0.29) is 29.5 Å². The molecule has 0 atom stereocenters. The van der Waals surface area contributed by atoms with E-state index in [1.807, 2.05) is 48.6 Å². The summed E-state index contributed by atoms with van der Waals surface area (Å²) in [7, 11) is -3.47. The number of rotatable bonds is 8. The minimum atomic E-state index is -3.47. The van der Waals surface area contributed by atoms with Crippen molar-refractivity contribution in [3.63, 3.8) is 0 Å². The average Bonchev–Trinajstić information content (AvgIpc) is 2.72. The van der Waals surface area contributed by atoms with Crippen LogP contribution in [0.4, 0.5) is 0 Å². The van der Waals surface area contributed by atoms with Crippen molar-refractivity contribution in [3.8, 4) is 0 Å². The number of carbonyl (C=O) groups excluding carboxylic acids is 1. The molecule has 0 bridgehead atoms. The van der Waals surface area contributed by atoms with E-state index in [0.717, 1.165) is 26.6 Å². The lowest BCUT2D eigenvalue weighted by atomic mass is 10.1. The van der Waals surface area contributed by atoms with Gasteiger partial charge in [-0.15, -0.1) is 0 Å². The first-order chi connectivity index (χ1) is 14.4. The topological polar surface area (TPSA) is 73.3 Å². The molecule has 0 saturated heterocycles. The molecule has 0 aliphatic heterocycles. The fourth-order valence-corrected chi connectivity index (χ4v) is 4.66. The van der Waals surface area contributed by atoms with Crippen LogP contribution in [0.25, 0.3) is 23.1 Å². The highest BCUT2D eigenvalue weighted by Crippen LogP contribution is 2.20. The van der Waals surface area contributed by atoms with E-state index in [2.05, 4.69) is 20.9 Å². The largest absolute Gasteiger partial charge is 0.466 e. The fourth-order valence-electron chi connectivity index (χ4n) is 2.95. The van der Waals surface area contributed by atoms with E-state index in [1.54, 1.807) is 25.1 Å². The van der Waals surface area contributed by atoms with Crippen molar-refractivity contribution >= 4 is 54.8 Å². The van der Waals surface area contributed by atoms with Crippen LogP contribution in [-0.2, 0) is 19.4 Å². The lowest BCUT2D eigenvalue weighted by molar-refractivity contribution is -0.143. The van der Waals surface area contributed by atoms with Crippen molar-refractivity contribution in [3.05, 3.63) is 70.3 Å². The first-order valence-electron chi connectivity index (χ1n) is 9.60. The molecule has 0 aliphatic carbocycles. The van der Waals surface area contributed by atoms with Crippen LogP contribution in [0.2, 0.25) is 0 Å². The molecule has 0 unspecified atom stereocenters. The van der Waals surface area contributed by atoms with Crippen LogP contribution in [0, 0.1) is 0 Å². The highest BCUT2D eigenvalue weighted by atomic mass is 79.9. The second-order valence-corrected chi connectivity index (χ2v) is 9.73. The Kier molecular flexibility index (Phi) is 7.39. The molecule has 0 amide bonds. The van der Waals surface area contributed by atoms with Crippen LogP contribution < -0.4 is 0 Å². The molecule has 2 aromatic carbocycles. The third-order valence-electron chi connectivity index (χ3n) is 4.44. The Bertz CT molecular complexity index is 1190. The van der Waals surface area contributed by atoms with Crippen molar-refractivity contribution in [1.29, 1.82) is 0 Å². The van der Waals surface area contributed by atoms with Crippen LogP contribution >= 0.6 is 15.9 Å². The van der Waals surface area contributed by atoms with Crippen molar-refractivity contribution in [2.24, 2.45) is 0 Å². The average molecular weight is 488 g/mol. The summed E-state index contributed by atoms with van der Waals surface area (Å²) < 4.78 is 31.0. The van der Waals surface area contributed by atoms with Gasteiger partial charge in [0.1, 0.15) is 0 Å². The second-order valence-electron chi connectivity index (χ2n) is 6.71. The van der Waals surface area contributed by atoms with Gasteiger partial charge in [0.15, 0.2) is 9.84 Å². The summed E-state index contributed by atoms with van der Waals surface area (Å²) in [5, 5.41) is 1.05. The first kappa shape index (κ1) is 22.2. The molecule has 3 aromatic rings. The maximum atomic E-state index is 12.6. The number of sulfone groups is 1. The van der Waals surface area contributed by atoms with E-state index >= 15 is 0 Å². The van der Waals surface area contributed by atoms with Gasteiger partial charge in [0, 0.05) is 16.3 Å². The molecule has 0 aliphatic rings. The van der Waals surface area contributed by atoms with Gasteiger partial charge < -0.3 is 4.74 Å². The third kappa shape index (κ3) is 6.00. The van der Waals surface area contributed by atoms with Crippen LogP contribution in [0.3, 0.4) is 0 Å².